The average Bonchev–Trinajstić information content (AvgIpc) is 2.87. The first kappa shape index (κ1) is 16.8. The maximum absolute atomic E-state index is 13.0. The smallest absolute Gasteiger partial charge is 0.396 e. The van der Waals surface area contributed by atoms with Crippen molar-refractivity contribution in [2.75, 3.05) is 6.61 Å². The van der Waals surface area contributed by atoms with Crippen molar-refractivity contribution in [1.82, 2.24) is 9.78 Å². The number of aryl methyl sites for hydroxylation is 3. The van der Waals surface area contributed by atoms with Crippen LogP contribution in [-0.2, 0) is 25.6 Å². The van der Waals surface area contributed by atoms with E-state index in [1.165, 1.54) is 10.9 Å². The second-order valence-electron chi connectivity index (χ2n) is 4.93. The van der Waals surface area contributed by atoms with E-state index in [1.807, 2.05) is 12.1 Å². The first-order chi connectivity index (χ1) is 10.4. The van der Waals surface area contributed by atoms with Gasteiger partial charge in [0.2, 0.25) is 0 Å². The Morgan fingerprint density at radius 1 is 1.14 bits per heavy atom. The molecule has 1 heterocycles. The lowest BCUT2D eigenvalue weighted by molar-refractivity contribution is -0.142. The van der Waals surface area contributed by atoms with E-state index in [1.54, 1.807) is 12.1 Å². The fourth-order valence-corrected chi connectivity index (χ4v) is 2.43. The van der Waals surface area contributed by atoms with Gasteiger partial charge in [0.15, 0.2) is 5.69 Å². The maximum atomic E-state index is 13.0. The molecule has 2 aromatic rings. The number of rotatable bonds is 6. The van der Waals surface area contributed by atoms with Gasteiger partial charge in [0.25, 0.3) is 0 Å². The van der Waals surface area contributed by atoms with Crippen LogP contribution in [0.15, 0.2) is 30.5 Å². The second-order valence-corrected chi connectivity index (χ2v) is 5.34. The Hall–Kier alpha value is -1.53. The van der Waals surface area contributed by atoms with Gasteiger partial charge in [-0.2, -0.15) is 18.3 Å². The third-order valence-electron chi connectivity index (χ3n) is 3.28. The predicted octanol–water partition coefficient (Wildman–Crippen LogP) is 3.72. The van der Waals surface area contributed by atoms with Gasteiger partial charge in [-0.15, -0.1) is 0 Å². The van der Waals surface area contributed by atoms with Crippen LogP contribution in [0.3, 0.4) is 0 Å². The summed E-state index contributed by atoms with van der Waals surface area (Å²) in [6.07, 6.45) is -2.16. The number of aromatic nitrogens is 2. The minimum absolute atomic E-state index is 0.112. The normalized spacial score (nSPS) is 11.9. The van der Waals surface area contributed by atoms with Gasteiger partial charge in [-0.3, -0.25) is 4.68 Å². The molecule has 0 aliphatic heterocycles. The fourth-order valence-electron chi connectivity index (χ4n) is 2.20. The first-order valence-corrected chi connectivity index (χ1v) is 7.27. The Morgan fingerprint density at radius 3 is 2.50 bits per heavy atom. The second kappa shape index (κ2) is 7.15. The number of hydrogen-bond acceptors (Lipinski definition) is 2. The van der Waals surface area contributed by atoms with Crippen LogP contribution >= 0.6 is 11.6 Å². The summed E-state index contributed by atoms with van der Waals surface area (Å²) < 4.78 is 40.2. The van der Waals surface area contributed by atoms with Crippen LogP contribution in [0.5, 0.6) is 0 Å². The van der Waals surface area contributed by atoms with E-state index >= 15 is 0 Å². The van der Waals surface area contributed by atoms with Crippen molar-refractivity contribution < 1.29 is 18.3 Å². The van der Waals surface area contributed by atoms with Crippen molar-refractivity contribution in [3.63, 3.8) is 0 Å². The summed E-state index contributed by atoms with van der Waals surface area (Å²) in [5.74, 6) is 0. The lowest BCUT2D eigenvalue weighted by Gasteiger charge is -2.05. The molecule has 1 N–H and O–H groups in total. The van der Waals surface area contributed by atoms with Crippen LogP contribution in [0.4, 0.5) is 13.2 Å². The molecule has 0 bridgehead atoms. The minimum Gasteiger partial charge on any atom is -0.396 e. The van der Waals surface area contributed by atoms with Crippen LogP contribution in [0.1, 0.15) is 23.2 Å². The van der Waals surface area contributed by atoms with E-state index in [-0.39, 0.29) is 25.0 Å². The van der Waals surface area contributed by atoms with Gasteiger partial charge in [-0.25, -0.2) is 0 Å². The molecule has 0 radical (unpaired) electrons. The van der Waals surface area contributed by atoms with Crippen molar-refractivity contribution in [2.24, 2.45) is 0 Å². The molecule has 0 saturated carbocycles. The van der Waals surface area contributed by atoms with E-state index in [0.717, 1.165) is 5.56 Å². The van der Waals surface area contributed by atoms with Crippen LogP contribution in [0.2, 0.25) is 5.02 Å². The van der Waals surface area contributed by atoms with Gasteiger partial charge in [-0.1, -0.05) is 29.8 Å². The van der Waals surface area contributed by atoms with Gasteiger partial charge in [0, 0.05) is 29.9 Å². The Kier molecular flexibility index (Phi) is 5.47. The highest BCUT2D eigenvalue weighted by Crippen LogP contribution is 2.31. The SMILES string of the molecule is OCCCc1cn(CCc2ccccc2Cl)nc1C(F)(F)F. The molecular weight excluding hydrogens is 317 g/mol. The number of aliphatic hydroxyl groups excluding tert-OH is 1. The highest BCUT2D eigenvalue weighted by molar-refractivity contribution is 6.31. The van der Waals surface area contributed by atoms with Gasteiger partial charge in [0.1, 0.15) is 0 Å². The maximum Gasteiger partial charge on any atom is 0.435 e. The van der Waals surface area contributed by atoms with E-state index in [0.29, 0.717) is 18.0 Å². The molecule has 0 atom stereocenters. The van der Waals surface area contributed by atoms with Crippen LogP contribution < -0.4 is 0 Å². The third-order valence-corrected chi connectivity index (χ3v) is 3.65. The summed E-state index contributed by atoms with van der Waals surface area (Å²) in [5.41, 5.74) is 0.103. The highest BCUT2D eigenvalue weighted by Gasteiger charge is 2.36. The van der Waals surface area contributed by atoms with E-state index < -0.39 is 11.9 Å². The highest BCUT2D eigenvalue weighted by atomic mass is 35.5. The molecule has 3 nitrogen and oxygen atoms in total. The first-order valence-electron chi connectivity index (χ1n) is 6.89. The molecule has 0 aliphatic rings. The largest absolute Gasteiger partial charge is 0.435 e. The molecule has 1 aromatic heterocycles. The summed E-state index contributed by atoms with van der Waals surface area (Å²) >= 11 is 6.03. The zero-order valence-corrected chi connectivity index (χ0v) is 12.5. The van der Waals surface area contributed by atoms with Crippen molar-refractivity contribution in [3.8, 4) is 0 Å². The third kappa shape index (κ3) is 4.24. The number of hydrogen-bond donors (Lipinski definition) is 1. The molecule has 120 valence electrons. The number of benzene rings is 1. The molecule has 1 aromatic carbocycles. The topological polar surface area (TPSA) is 38.0 Å². The number of aliphatic hydroxyl groups is 1. The summed E-state index contributed by atoms with van der Waals surface area (Å²) in [5, 5.41) is 13.0. The molecule has 0 saturated heterocycles. The number of halogens is 4. The lowest BCUT2D eigenvalue weighted by Crippen LogP contribution is -2.11. The Labute approximate surface area is 131 Å². The van der Waals surface area contributed by atoms with Crippen LogP contribution in [0.25, 0.3) is 0 Å². The van der Waals surface area contributed by atoms with Gasteiger partial charge in [0.05, 0.1) is 0 Å². The standard InChI is InChI=1S/C15H16ClF3N2O/c16-13-6-2-1-4-11(13)7-8-21-10-12(5-3-9-22)14(20-21)15(17,18)19/h1-2,4,6,10,22H,3,5,7-9H2. The van der Waals surface area contributed by atoms with Crippen molar-refractivity contribution in [3.05, 3.63) is 52.3 Å². The molecule has 0 aliphatic carbocycles. The quantitative estimate of drug-likeness (QED) is 0.875. The molecule has 0 amide bonds. The summed E-state index contributed by atoms with van der Waals surface area (Å²) in [6.45, 7) is 0.161. The molecule has 2 rings (SSSR count). The summed E-state index contributed by atoms with van der Waals surface area (Å²) in [4.78, 5) is 0. The average molecular weight is 333 g/mol. The number of alkyl halides is 3. The van der Waals surface area contributed by atoms with Crippen molar-refractivity contribution in [1.29, 1.82) is 0 Å². The van der Waals surface area contributed by atoms with Gasteiger partial charge >= 0.3 is 6.18 Å². The molecule has 0 spiro atoms. The van der Waals surface area contributed by atoms with Crippen molar-refractivity contribution in [2.45, 2.75) is 32.0 Å². The summed E-state index contributed by atoms with van der Waals surface area (Å²) in [6, 6.07) is 7.21. The Bertz CT molecular complexity index is 625. The predicted molar refractivity (Wildman–Crippen MR) is 77.8 cm³/mol. The van der Waals surface area contributed by atoms with E-state index in [4.69, 9.17) is 16.7 Å². The monoisotopic (exact) mass is 332 g/mol. The molecular formula is C15H16ClF3N2O. The Morgan fingerprint density at radius 2 is 1.86 bits per heavy atom. The van der Waals surface area contributed by atoms with Gasteiger partial charge in [-0.05, 0) is 30.9 Å². The van der Waals surface area contributed by atoms with Crippen LogP contribution in [0, 0.1) is 0 Å². The molecule has 0 unspecified atom stereocenters. The fraction of sp³-hybridized carbons (Fsp3) is 0.400. The molecule has 22 heavy (non-hydrogen) atoms. The zero-order valence-electron chi connectivity index (χ0n) is 11.8. The van der Waals surface area contributed by atoms with E-state index in [9.17, 15) is 13.2 Å². The van der Waals surface area contributed by atoms with Crippen LogP contribution in [-0.4, -0.2) is 21.5 Å². The lowest BCUT2D eigenvalue weighted by atomic mass is 10.1. The summed E-state index contributed by atoms with van der Waals surface area (Å²) in [7, 11) is 0. The molecule has 7 heteroatoms. The molecule has 0 fully saturated rings. The Balaban J connectivity index is 2.14. The van der Waals surface area contributed by atoms with E-state index in [2.05, 4.69) is 5.10 Å². The van der Waals surface area contributed by atoms with Crippen molar-refractivity contribution >= 4 is 11.6 Å². The minimum atomic E-state index is -4.49. The zero-order chi connectivity index (χ0) is 16.2. The van der Waals surface area contributed by atoms with Gasteiger partial charge < -0.3 is 5.11 Å². The number of nitrogens with zero attached hydrogens (tertiary/aromatic N) is 2.